The molecular weight excluding hydrogens is 275 g/mol. The van der Waals surface area contributed by atoms with Crippen molar-refractivity contribution < 1.29 is 27.9 Å². The smallest absolute Gasteiger partial charge is 0.391 e. The molecule has 1 saturated carbocycles. The largest absolute Gasteiger partial charge is 0.481 e. The number of hydrogen-bond donors (Lipinski definition) is 2. The number of alkyl halides is 3. The van der Waals surface area contributed by atoms with Gasteiger partial charge in [0.25, 0.3) is 0 Å². The lowest BCUT2D eigenvalue weighted by molar-refractivity contribution is -0.184. The summed E-state index contributed by atoms with van der Waals surface area (Å²) in [4.78, 5) is 22.1. The lowest BCUT2D eigenvalue weighted by Crippen LogP contribution is -2.36. The van der Waals surface area contributed by atoms with Crippen LogP contribution in [0.25, 0.3) is 0 Å². The molecule has 0 spiro atoms. The summed E-state index contributed by atoms with van der Waals surface area (Å²) in [5.41, 5.74) is 0. The number of carbonyl (C=O) groups excluding carboxylic acids is 1. The van der Waals surface area contributed by atoms with E-state index in [-0.39, 0.29) is 37.5 Å². The van der Waals surface area contributed by atoms with Crippen LogP contribution in [0.4, 0.5) is 13.2 Å². The van der Waals surface area contributed by atoms with E-state index in [1.807, 2.05) is 0 Å². The van der Waals surface area contributed by atoms with Crippen molar-refractivity contribution >= 4 is 11.9 Å². The van der Waals surface area contributed by atoms with Crippen LogP contribution in [-0.4, -0.2) is 29.2 Å². The van der Waals surface area contributed by atoms with Crippen molar-refractivity contribution in [1.82, 2.24) is 5.32 Å². The molecule has 1 amide bonds. The Morgan fingerprint density at radius 1 is 1.25 bits per heavy atom. The first-order valence-corrected chi connectivity index (χ1v) is 6.76. The highest BCUT2D eigenvalue weighted by Crippen LogP contribution is 2.40. The van der Waals surface area contributed by atoms with Crippen molar-refractivity contribution in [2.75, 3.05) is 0 Å². The maximum atomic E-state index is 12.5. The first kappa shape index (κ1) is 16.8. The zero-order valence-corrected chi connectivity index (χ0v) is 11.4. The van der Waals surface area contributed by atoms with Crippen LogP contribution in [0.2, 0.25) is 0 Å². The summed E-state index contributed by atoms with van der Waals surface area (Å²) >= 11 is 0. The predicted molar refractivity (Wildman–Crippen MR) is 66.0 cm³/mol. The van der Waals surface area contributed by atoms with Crippen LogP contribution >= 0.6 is 0 Å². The SMILES string of the molecule is CC(CC(=O)O)NC(=O)CC1CCC(C(F)(F)F)CC1. The molecule has 0 radical (unpaired) electrons. The second-order valence-corrected chi connectivity index (χ2v) is 5.53. The number of halogens is 3. The van der Waals surface area contributed by atoms with E-state index < -0.39 is 24.1 Å². The molecule has 2 N–H and O–H groups in total. The van der Waals surface area contributed by atoms with Gasteiger partial charge < -0.3 is 10.4 Å². The Bertz CT molecular complexity index is 349. The molecule has 20 heavy (non-hydrogen) atoms. The normalized spacial score (nSPS) is 25.0. The average Bonchev–Trinajstić information content (AvgIpc) is 2.26. The fourth-order valence-electron chi connectivity index (χ4n) is 2.60. The summed E-state index contributed by atoms with van der Waals surface area (Å²) in [6, 6.07) is -0.466. The molecule has 7 heteroatoms. The van der Waals surface area contributed by atoms with E-state index in [1.54, 1.807) is 6.92 Å². The van der Waals surface area contributed by atoms with Gasteiger partial charge in [-0.3, -0.25) is 9.59 Å². The van der Waals surface area contributed by atoms with Crippen molar-refractivity contribution in [3.63, 3.8) is 0 Å². The van der Waals surface area contributed by atoms with Crippen molar-refractivity contribution in [3.05, 3.63) is 0 Å². The molecule has 0 saturated heterocycles. The van der Waals surface area contributed by atoms with Crippen LogP contribution in [0, 0.1) is 11.8 Å². The molecule has 1 aliphatic carbocycles. The van der Waals surface area contributed by atoms with E-state index in [9.17, 15) is 22.8 Å². The standard InChI is InChI=1S/C13H20F3NO3/c1-8(6-12(19)20)17-11(18)7-9-2-4-10(5-3-9)13(14,15)16/h8-10H,2-7H2,1H3,(H,17,18)(H,19,20). The topological polar surface area (TPSA) is 66.4 Å². The quantitative estimate of drug-likeness (QED) is 0.819. The predicted octanol–water partition coefficient (Wildman–Crippen LogP) is 2.72. The Labute approximate surface area is 115 Å². The lowest BCUT2D eigenvalue weighted by atomic mass is 9.80. The average molecular weight is 295 g/mol. The van der Waals surface area contributed by atoms with E-state index in [0.717, 1.165) is 0 Å². The highest BCUT2D eigenvalue weighted by molar-refractivity contribution is 5.77. The van der Waals surface area contributed by atoms with Crippen molar-refractivity contribution in [2.24, 2.45) is 11.8 Å². The Kier molecular flexibility index (Phi) is 5.83. The van der Waals surface area contributed by atoms with Crippen molar-refractivity contribution in [2.45, 2.75) is 57.7 Å². The van der Waals surface area contributed by atoms with E-state index >= 15 is 0 Å². The minimum Gasteiger partial charge on any atom is -0.481 e. The van der Waals surface area contributed by atoms with Crippen LogP contribution in [0.15, 0.2) is 0 Å². The second-order valence-electron chi connectivity index (χ2n) is 5.53. The zero-order chi connectivity index (χ0) is 15.3. The number of amides is 1. The summed E-state index contributed by atoms with van der Waals surface area (Å²) in [7, 11) is 0. The second kappa shape index (κ2) is 6.95. The Hall–Kier alpha value is -1.27. The zero-order valence-electron chi connectivity index (χ0n) is 11.4. The Balaban J connectivity index is 2.29. The van der Waals surface area contributed by atoms with Gasteiger partial charge in [-0.2, -0.15) is 13.2 Å². The Morgan fingerprint density at radius 2 is 1.80 bits per heavy atom. The van der Waals surface area contributed by atoms with Gasteiger partial charge in [0.2, 0.25) is 5.91 Å². The summed E-state index contributed by atoms with van der Waals surface area (Å²) in [6.07, 6.45) is -3.18. The maximum absolute atomic E-state index is 12.5. The van der Waals surface area contributed by atoms with Gasteiger partial charge in [-0.05, 0) is 38.5 Å². The minimum atomic E-state index is -4.14. The molecule has 0 aromatic heterocycles. The number of rotatable bonds is 5. The lowest BCUT2D eigenvalue weighted by Gasteiger charge is -2.29. The molecule has 0 aromatic carbocycles. The van der Waals surface area contributed by atoms with Gasteiger partial charge in [-0.25, -0.2) is 0 Å². The molecule has 0 heterocycles. The third-order valence-corrected chi connectivity index (χ3v) is 3.67. The molecule has 1 unspecified atom stereocenters. The van der Waals surface area contributed by atoms with Crippen LogP contribution in [0.5, 0.6) is 0 Å². The molecule has 1 atom stereocenters. The van der Waals surface area contributed by atoms with Gasteiger partial charge in [-0.1, -0.05) is 0 Å². The first-order chi connectivity index (χ1) is 9.18. The fourth-order valence-corrected chi connectivity index (χ4v) is 2.60. The minimum absolute atomic E-state index is 0.0365. The number of carboxylic acid groups (broad SMARTS) is 1. The Morgan fingerprint density at radius 3 is 2.25 bits per heavy atom. The van der Waals surface area contributed by atoms with Gasteiger partial charge in [0, 0.05) is 12.5 Å². The van der Waals surface area contributed by atoms with E-state index in [1.165, 1.54) is 0 Å². The number of hydrogen-bond acceptors (Lipinski definition) is 2. The molecule has 0 aromatic rings. The third-order valence-electron chi connectivity index (χ3n) is 3.67. The monoisotopic (exact) mass is 295 g/mol. The molecule has 116 valence electrons. The highest BCUT2D eigenvalue weighted by atomic mass is 19.4. The molecule has 0 bridgehead atoms. The van der Waals surface area contributed by atoms with Gasteiger partial charge in [0.1, 0.15) is 0 Å². The van der Waals surface area contributed by atoms with Gasteiger partial charge in [0.15, 0.2) is 0 Å². The number of aliphatic carboxylic acids is 1. The van der Waals surface area contributed by atoms with E-state index in [0.29, 0.717) is 12.8 Å². The van der Waals surface area contributed by atoms with E-state index in [4.69, 9.17) is 5.11 Å². The van der Waals surface area contributed by atoms with Gasteiger partial charge >= 0.3 is 12.1 Å². The van der Waals surface area contributed by atoms with Crippen molar-refractivity contribution in [1.29, 1.82) is 0 Å². The number of nitrogens with one attached hydrogen (secondary N) is 1. The van der Waals surface area contributed by atoms with Crippen LogP contribution in [0.3, 0.4) is 0 Å². The van der Waals surface area contributed by atoms with E-state index in [2.05, 4.69) is 5.32 Å². The number of carboxylic acids is 1. The maximum Gasteiger partial charge on any atom is 0.391 e. The van der Waals surface area contributed by atoms with Crippen LogP contribution < -0.4 is 5.32 Å². The van der Waals surface area contributed by atoms with Gasteiger partial charge in [-0.15, -0.1) is 0 Å². The molecule has 4 nitrogen and oxygen atoms in total. The summed E-state index contributed by atoms with van der Waals surface area (Å²) < 4.78 is 37.5. The van der Waals surface area contributed by atoms with Crippen molar-refractivity contribution in [3.8, 4) is 0 Å². The number of carbonyl (C=O) groups is 2. The summed E-state index contributed by atoms with van der Waals surface area (Å²) in [6.45, 7) is 1.59. The highest BCUT2D eigenvalue weighted by Gasteiger charge is 2.41. The first-order valence-electron chi connectivity index (χ1n) is 6.76. The van der Waals surface area contributed by atoms with Crippen LogP contribution in [-0.2, 0) is 9.59 Å². The summed E-state index contributed by atoms with van der Waals surface area (Å²) in [5.74, 6) is -2.56. The van der Waals surface area contributed by atoms with Gasteiger partial charge in [0.05, 0.1) is 12.3 Å². The molecule has 0 aliphatic heterocycles. The molecular formula is C13H20F3NO3. The molecule has 1 rings (SSSR count). The fraction of sp³-hybridized carbons (Fsp3) is 0.846. The summed E-state index contributed by atoms with van der Waals surface area (Å²) in [5, 5.41) is 11.1. The molecule has 1 fully saturated rings. The van der Waals surface area contributed by atoms with Crippen LogP contribution in [0.1, 0.15) is 45.4 Å². The molecule has 1 aliphatic rings. The third kappa shape index (κ3) is 5.79.